The fourth-order valence-electron chi connectivity index (χ4n) is 1.58. The monoisotopic (exact) mass is 314 g/mol. The molecule has 2 N–H and O–H groups in total. The number of rotatable bonds is 3. The summed E-state index contributed by atoms with van der Waals surface area (Å²) < 4.78 is 6.10. The Morgan fingerprint density at radius 1 is 1.53 bits per heavy atom. The van der Waals surface area contributed by atoms with Gasteiger partial charge < -0.3 is 10.2 Å². The van der Waals surface area contributed by atoms with Gasteiger partial charge in [-0.05, 0) is 24.1 Å². The predicted molar refractivity (Wildman–Crippen MR) is 71.0 cm³/mol. The molecule has 0 bridgehead atoms. The van der Waals surface area contributed by atoms with Crippen LogP contribution in [-0.4, -0.2) is 4.98 Å². The summed E-state index contributed by atoms with van der Waals surface area (Å²) in [4.78, 5) is 4.21. The van der Waals surface area contributed by atoms with E-state index in [1.54, 1.807) is 13.2 Å². The first-order valence-electron chi connectivity index (χ1n) is 5.18. The Morgan fingerprint density at radius 2 is 2.29 bits per heavy atom. The number of halogens is 2. The van der Waals surface area contributed by atoms with Gasteiger partial charge in [0.15, 0.2) is 5.89 Å². The summed E-state index contributed by atoms with van der Waals surface area (Å²) in [7, 11) is 0. The zero-order chi connectivity index (χ0) is 12.4. The second-order valence-electron chi connectivity index (χ2n) is 3.84. The van der Waals surface area contributed by atoms with E-state index in [0.29, 0.717) is 17.3 Å². The molecule has 1 unspecified atom stereocenters. The van der Waals surface area contributed by atoms with Crippen LogP contribution in [0.1, 0.15) is 23.2 Å². The summed E-state index contributed by atoms with van der Waals surface area (Å²) in [5, 5.41) is 0.704. The molecular formula is C12H12BrClN2O. The maximum absolute atomic E-state index is 6.14. The van der Waals surface area contributed by atoms with Crippen molar-refractivity contribution in [2.24, 2.45) is 5.73 Å². The Bertz CT molecular complexity index is 527. The van der Waals surface area contributed by atoms with Gasteiger partial charge in [-0.15, -0.1) is 0 Å². The molecule has 5 heteroatoms. The van der Waals surface area contributed by atoms with Crippen LogP contribution in [-0.2, 0) is 6.42 Å². The first-order valence-corrected chi connectivity index (χ1v) is 6.35. The highest BCUT2D eigenvalue weighted by Gasteiger charge is 2.13. The van der Waals surface area contributed by atoms with Crippen molar-refractivity contribution in [1.29, 1.82) is 0 Å². The van der Waals surface area contributed by atoms with Crippen LogP contribution in [0.5, 0.6) is 0 Å². The van der Waals surface area contributed by atoms with Crippen molar-refractivity contribution in [2.75, 3.05) is 0 Å². The summed E-state index contributed by atoms with van der Waals surface area (Å²) >= 11 is 9.50. The summed E-state index contributed by atoms with van der Waals surface area (Å²) in [6.07, 6.45) is 2.23. The summed E-state index contributed by atoms with van der Waals surface area (Å²) in [6, 6.07) is 5.56. The minimum atomic E-state index is -0.203. The summed E-state index contributed by atoms with van der Waals surface area (Å²) in [5.74, 6) is 0.623. The second-order valence-corrected chi connectivity index (χ2v) is 5.16. The molecule has 1 aromatic heterocycles. The molecule has 17 heavy (non-hydrogen) atoms. The number of nitrogens with two attached hydrogens (primary N) is 1. The minimum absolute atomic E-state index is 0.203. The predicted octanol–water partition coefficient (Wildman–Crippen LogP) is 3.64. The lowest BCUT2D eigenvalue weighted by Crippen LogP contribution is -2.14. The van der Waals surface area contributed by atoms with Gasteiger partial charge in [0.2, 0.25) is 0 Å². The van der Waals surface area contributed by atoms with E-state index in [-0.39, 0.29) is 6.04 Å². The zero-order valence-corrected chi connectivity index (χ0v) is 11.6. The Morgan fingerprint density at radius 3 is 2.88 bits per heavy atom. The minimum Gasteiger partial charge on any atom is -0.449 e. The molecule has 3 nitrogen and oxygen atoms in total. The smallest absolute Gasteiger partial charge is 0.191 e. The quantitative estimate of drug-likeness (QED) is 0.940. The topological polar surface area (TPSA) is 52.0 Å². The SMILES string of the molecule is Cc1nc(C(N)Cc2ccc(Br)cc2Cl)co1. The van der Waals surface area contributed by atoms with Crippen LogP contribution < -0.4 is 5.73 Å². The average Bonchev–Trinajstić information content (AvgIpc) is 2.69. The first kappa shape index (κ1) is 12.6. The Hall–Kier alpha value is -0.840. The number of aromatic nitrogens is 1. The lowest BCUT2D eigenvalue weighted by Gasteiger charge is -2.10. The molecule has 0 aliphatic heterocycles. The van der Waals surface area contributed by atoms with Gasteiger partial charge in [-0.2, -0.15) is 0 Å². The van der Waals surface area contributed by atoms with Crippen molar-refractivity contribution in [1.82, 2.24) is 4.98 Å². The van der Waals surface area contributed by atoms with Crippen molar-refractivity contribution in [2.45, 2.75) is 19.4 Å². The molecule has 0 aliphatic rings. The van der Waals surface area contributed by atoms with E-state index in [1.807, 2.05) is 18.2 Å². The van der Waals surface area contributed by atoms with Gasteiger partial charge in [-0.1, -0.05) is 33.6 Å². The summed E-state index contributed by atoms with van der Waals surface area (Å²) in [5.41, 5.74) is 7.81. The van der Waals surface area contributed by atoms with E-state index in [1.165, 1.54) is 0 Å². The maximum Gasteiger partial charge on any atom is 0.191 e. The standard InChI is InChI=1S/C12H12BrClN2O/c1-7-16-12(6-17-7)11(15)4-8-2-3-9(13)5-10(8)14/h2-3,5-6,11H,4,15H2,1H3. The first-order chi connectivity index (χ1) is 8.06. The number of benzene rings is 1. The molecular weight excluding hydrogens is 304 g/mol. The Kier molecular flexibility index (Phi) is 3.86. The van der Waals surface area contributed by atoms with Crippen molar-refractivity contribution in [3.8, 4) is 0 Å². The summed E-state index contributed by atoms with van der Waals surface area (Å²) in [6.45, 7) is 1.79. The lowest BCUT2D eigenvalue weighted by molar-refractivity contribution is 0.519. The van der Waals surface area contributed by atoms with E-state index < -0.39 is 0 Å². The van der Waals surface area contributed by atoms with Gasteiger partial charge in [0.1, 0.15) is 6.26 Å². The number of aryl methyl sites for hydroxylation is 1. The molecule has 0 spiro atoms. The normalized spacial score (nSPS) is 12.7. The third kappa shape index (κ3) is 3.09. The zero-order valence-electron chi connectivity index (χ0n) is 9.28. The van der Waals surface area contributed by atoms with E-state index >= 15 is 0 Å². The molecule has 2 aromatic rings. The Balaban J connectivity index is 2.15. The van der Waals surface area contributed by atoms with Gasteiger partial charge in [0, 0.05) is 16.4 Å². The van der Waals surface area contributed by atoms with Crippen molar-refractivity contribution in [3.05, 3.63) is 51.1 Å². The van der Waals surface area contributed by atoms with Gasteiger partial charge in [-0.3, -0.25) is 0 Å². The molecule has 1 heterocycles. The van der Waals surface area contributed by atoms with Gasteiger partial charge in [-0.25, -0.2) is 4.98 Å². The lowest BCUT2D eigenvalue weighted by atomic mass is 10.0. The van der Waals surface area contributed by atoms with Gasteiger partial charge in [0.25, 0.3) is 0 Å². The fourth-order valence-corrected chi connectivity index (χ4v) is 2.33. The molecule has 0 fully saturated rings. The average molecular weight is 316 g/mol. The van der Waals surface area contributed by atoms with Crippen LogP contribution in [0, 0.1) is 6.92 Å². The van der Waals surface area contributed by atoms with E-state index in [4.69, 9.17) is 21.8 Å². The third-order valence-corrected chi connectivity index (χ3v) is 3.32. The molecule has 1 atom stereocenters. The number of nitrogens with zero attached hydrogens (tertiary/aromatic N) is 1. The van der Waals surface area contributed by atoms with Crippen LogP contribution in [0.4, 0.5) is 0 Å². The van der Waals surface area contributed by atoms with E-state index in [0.717, 1.165) is 15.7 Å². The van der Waals surface area contributed by atoms with Crippen LogP contribution in [0.15, 0.2) is 33.4 Å². The highest BCUT2D eigenvalue weighted by molar-refractivity contribution is 9.10. The van der Waals surface area contributed by atoms with Crippen LogP contribution in [0.25, 0.3) is 0 Å². The van der Waals surface area contributed by atoms with Crippen molar-refractivity contribution in [3.63, 3.8) is 0 Å². The van der Waals surface area contributed by atoms with Gasteiger partial charge >= 0.3 is 0 Å². The van der Waals surface area contributed by atoms with E-state index in [2.05, 4.69) is 20.9 Å². The maximum atomic E-state index is 6.14. The molecule has 0 radical (unpaired) electrons. The molecule has 0 aliphatic carbocycles. The van der Waals surface area contributed by atoms with Crippen LogP contribution >= 0.6 is 27.5 Å². The fraction of sp³-hybridized carbons (Fsp3) is 0.250. The van der Waals surface area contributed by atoms with Crippen molar-refractivity contribution >= 4 is 27.5 Å². The molecule has 0 saturated carbocycles. The Labute approximate surface area is 113 Å². The van der Waals surface area contributed by atoms with Gasteiger partial charge in [0.05, 0.1) is 11.7 Å². The molecule has 0 saturated heterocycles. The molecule has 1 aromatic carbocycles. The van der Waals surface area contributed by atoms with E-state index in [9.17, 15) is 0 Å². The van der Waals surface area contributed by atoms with Crippen molar-refractivity contribution < 1.29 is 4.42 Å². The molecule has 90 valence electrons. The molecule has 0 amide bonds. The van der Waals surface area contributed by atoms with Crippen LogP contribution in [0.2, 0.25) is 5.02 Å². The largest absolute Gasteiger partial charge is 0.449 e. The highest BCUT2D eigenvalue weighted by atomic mass is 79.9. The highest BCUT2D eigenvalue weighted by Crippen LogP contribution is 2.25. The number of oxazole rings is 1. The second kappa shape index (κ2) is 5.21. The molecule has 2 rings (SSSR count). The third-order valence-electron chi connectivity index (χ3n) is 2.47. The number of hydrogen-bond acceptors (Lipinski definition) is 3. The van der Waals surface area contributed by atoms with Crippen LogP contribution in [0.3, 0.4) is 0 Å². The number of hydrogen-bond donors (Lipinski definition) is 1.